The van der Waals surface area contributed by atoms with Crippen molar-refractivity contribution >= 4 is 11.8 Å². The van der Waals surface area contributed by atoms with E-state index in [1.807, 2.05) is 26.8 Å². The summed E-state index contributed by atoms with van der Waals surface area (Å²) in [6.07, 6.45) is 0.608. The third-order valence-corrected chi connectivity index (χ3v) is 3.49. The minimum atomic E-state index is -0.481. The van der Waals surface area contributed by atoms with E-state index in [1.165, 1.54) is 5.56 Å². The maximum Gasteiger partial charge on any atom is 0.414 e. The number of nitrogens with zero attached hydrogens (tertiary/aromatic N) is 1. The van der Waals surface area contributed by atoms with E-state index in [2.05, 4.69) is 17.4 Å². The number of para-hydroxylation sites is 1. The van der Waals surface area contributed by atoms with Gasteiger partial charge in [-0.2, -0.15) is 0 Å². The highest BCUT2D eigenvalue weighted by Crippen LogP contribution is 2.33. The standard InChI is InChI=1S/C17H26N2O3/c1-17(2,3)22-16(20)19-10-8-13-6-5-7-14(15(13)19)12-18-9-11-21-4/h5-7,18H,8-12H2,1-4H3. The zero-order valence-electron chi connectivity index (χ0n) is 13.9. The summed E-state index contributed by atoms with van der Waals surface area (Å²) in [6.45, 7) is 8.52. The first kappa shape index (κ1) is 16.8. The highest BCUT2D eigenvalue weighted by atomic mass is 16.6. The first-order chi connectivity index (χ1) is 10.4. The molecule has 122 valence electrons. The number of hydrogen-bond acceptors (Lipinski definition) is 4. The number of carbonyl (C=O) groups is 1. The van der Waals surface area contributed by atoms with Crippen LogP contribution >= 0.6 is 0 Å². The Morgan fingerprint density at radius 2 is 2.14 bits per heavy atom. The van der Waals surface area contributed by atoms with Crippen LogP contribution in [-0.4, -0.2) is 38.5 Å². The van der Waals surface area contributed by atoms with Gasteiger partial charge in [0.05, 0.1) is 12.3 Å². The second-order valence-electron chi connectivity index (χ2n) is 6.48. The van der Waals surface area contributed by atoms with Crippen molar-refractivity contribution in [3.8, 4) is 0 Å². The van der Waals surface area contributed by atoms with Crippen molar-refractivity contribution in [2.24, 2.45) is 0 Å². The van der Waals surface area contributed by atoms with Gasteiger partial charge < -0.3 is 14.8 Å². The van der Waals surface area contributed by atoms with Crippen molar-refractivity contribution in [2.45, 2.75) is 39.3 Å². The Morgan fingerprint density at radius 3 is 2.82 bits per heavy atom. The average molecular weight is 306 g/mol. The van der Waals surface area contributed by atoms with Crippen LogP contribution in [-0.2, 0) is 22.4 Å². The molecule has 2 rings (SSSR count). The summed E-state index contributed by atoms with van der Waals surface area (Å²) in [7, 11) is 1.69. The quantitative estimate of drug-likeness (QED) is 0.850. The molecule has 0 atom stereocenters. The van der Waals surface area contributed by atoms with Gasteiger partial charge in [-0.3, -0.25) is 4.90 Å². The van der Waals surface area contributed by atoms with E-state index >= 15 is 0 Å². The summed E-state index contributed by atoms with van der Waals surface area (Å²) >= 11 is 0. The maximum atomic E-state index is 12.4. The number of carbonyl (C=O) groups excluding carboxylic acids is 1. The number of benzene rings is 1. The molecule has 1 aliphatic rings. The number of amides is 1. The van der Waals surface area contributed by atoms with Crippen LogP contribution in [0.1, 0.15) is 31.9 Å². The Kier molecular flexibility index (Phi) is 5.42. The van der Waals surface area contributed by atoms with Crippen molar-refractivity contribution in [3.05, 3.63) is 29.3 Å². The molecule has 1 amide bonds. The molecule has 0 unspecified atom stereocenters. The van der Waals surface area contributed by atoms with Crippen LogP contribution in [0.4, 0.5) is 10.5 Å². The highest BCUT2D eigenvalue weighted by Gasteiger charge is 2.30. The molecular formula is C17H26N2O3. The van der Waals surface area contributed by atoms with Crippen molar-refractivity contribution in [2.75, 3.05) is 31.7 Å². The SMILES string of the molecule is COCCNCc1cccc2c1N(C(=O)OC(C)(C)C)CC2. The topological polar surface area (TPSA) is 50.8 Å². The van der Waals surface area contributed by atoms with Crippen LogP contribution in [0.25, 0.3) is 0 Å². The smallest absolute Gasteiger partial charge is 0.414 e. The molecule has 5 nitrogen and oxygen atoms in total. The van der Waals surface area contributed by atoms with Crippen molar-refractivity contribution in [3.63, 3.8) is 0 Å². The van der Waals surface area contributed by atoms with Gasteiger partial charge in [0, 0.05) is 26.7 Å². The highest BCUT2D eigenvalue weighted by molar-refractivity contribution is 5.91. The Bertz CT molecular complexity index is 523. The number of methoxy groups -OCH3 is 1. The van der Waals surface area contributed by atoms with Crippen LogP contribution in [0.15, 0.2) is 18.2 Å². The van der Waals surface area contributed by atoms with Gasteiger partial charge in [0.1, 0.15) is 5.60 Å². The van der Waals surface area contributed by atoms with Gasteiger partial charge >= 0.3 is 6.09 Å². The Hall–Kier alpha value is -1.59. The molecular weight excluding hydrogens is 280 g/mol. The molecule has 1 aromatic rings. The van der Waals surface area contributed by atoms with E-state index in [-0.39, 0.29) is 6.09 Å². The fraction of sp³-hybridized carbons (Fsp3) is 0.588. The zero-order valence-corrected chi connectivity index (χ0v) is 13.9. The van der Waals surface area contributed by atoms with E-state index in [0.717, 1.165) is 24.2 Å². The van der Waals surface area contributed by atoms with Crippen LogP contribution in [0.2, 0.25) is 0 Å². The Morgan fingerprint density at radius 1 is 1.36 bits per heavy atom. The van der Waals surface area contributed by atoms with E-state index in [9.17, 15) is 4.79 Å². The molecule has 1 heterocycles. The third kappa shape index (κ3) is 4.21. The molecule has 0 aromatic heterocycles. The van der Waals surface area contributed by atoms with E-state index in [1.54, 1.807) is 12.0 Å². The van der Waals surface area contributed by atoms with Crippen LogP contribution in [0, 0.1) is 0 Å². The maximum absolute atomic E-state index is 12.4. The Balaban J connectivity index is 2.12. The summed E-state index contributed by atoms with van der Waals surface area (Å²) < 4.78 is 10.6. The van der Waals surface area contributed by atoms with Gasteiger partial charge in [-0.1, -0.05) is 18.2 Å². The van der Waals surface area contributed by atoms with E-state index in [4.69, 9.17) is 9.47 Å². The monoisotopic (exact) mass is 306 g/mol. The normalized spacial score (nSPS) is 14.1. The van der Waals surface area contributed by atoms with Crippen molar-refractivity contribution < 1.29 is 14.3 Å². The lowest BCUT2D eigenvalue weighted by Crippen LogP contribution is -2.36. The molecule has 0 aliphatic carbocycles. The van der Waals surface area contributed by atoms with Gasteiger partial charge in [-0.05, 0) is 38.3 Å². The number of hydrogen-bond donors (Lipinski definition) is 1. The van der Waals surface area contributed by atoms with Crippen LogP contribution in [0.5, 0.6) is 0 Å². The van der Waals surface area contributed by atoms with E-state index in [0.29, 0.717) is 19.7 Å². The number of fused-ring (bicyclic) bond motifs is 1. The third-order valence-electron chi connectivity index (χ3n) is 3.49. The molecule has 5 heteroatoms. The van der Waals surface area contributed by atoms with Crippen molar-refractivity contribution in [1.29, 1.82) is 0 Å². The second kappa shape index (κ2) is 7.11. The Labute approximate surface area is 132 Å². The van der Waals surface area contributed by atoms with Gasteiger partial charge in [-0.25, -0.2) is 4.79 Å². The molecule has 0 spiro atoms. The molecule has 0 saturated carbocycles. The molecule has 1 aliphatic heterocycles. The summed E-state index contributed by atoms with van der Waals surface area (Å²) in [4.78, 5) is 14.2. The van der Waals surface area contributed by atoms with Gasteiger partial charge in [0.2, 0.25) is 0 Å². The minimum absolute atomic E-state index is 0.268. The zero-order chi connectivity index (χ0) is 16.2. The summed E-state index contributed by atoms with van der Waals surface area (Å²) in [5.41, 5.74) is 2.85. The summed E-state index contributed by atoms with van der Waals surface area (Å²) in [6, 6.07) is 6.18. The molecule has 0 radical (unpaired) electrons. The molecule has 1 N–H and O–H groups in total. The minimum Gasteiger partial charge on any atom is -0.443 e. The lowest BCUT2D eigenvalue weighted by molar-refractivity contribution is 0.0583. The van der Waals surface area contributed by atoms with E-state index < -0.39 is 5.60 Å². The summed E-state index contributed by atoms with van der Waals surface area (Å²) in [5.74, 6) is 0. The number of anilines is 1. The fourth-order valence-electron chi connectivity index (χ4n) is 2.58. The predicted molar refractivity (Wildman–Crippen MR) is 87.3 cm³/mol. The average Bonchev–Trinajstić information content (AvgIpc) is 2.86. The number of rotatable bonds is 5. The van der Waals surface area contributed by atoms with Gasteiger partial charge in [0.15, 0.2) is 0 Å². The molecule has 0 bridgehead atoms. The molecule has 0 fully saturated rings. The summed E-state index contributed by atoms with van der Waals surface area (Å²) in [5, 5.41) is 3.34. The molecule has 22 heavy (non-hydrogen) atoms. The number of ether oxygens (including phenoxy) is 2. The molecule has 0 saturated heterocycles. The number of nitrogens with one attached hydrogen (secondary N) is 1. The fourth-order valence-corrected chi connectivity index (χ4v) is 2.58. The molecule has 1 aromatic carbocycles. The van der Waals surface area contributed by atoms with Gasteiger partial charge in [-0.15, -0.1) is 0 Å². The first-order valence-corrected chi connectivity index (χ1v) is 7.73. The first-order valence-electron chi connectivity index (χ1n) is 7.73. The lowest BCUT2D eigenvalue weighted by Gasteiger charge is -2.26. The lowest BCUT2D eigenvalue weighted by atomic mass is 10.1. The van der Waals surface area contributed by atoms with Crippen molar-refractivity contribution in [1.82, 2.24) is 5.32 Å². The largest absolute Gasteiger partial charge is 0.443 e. The predicted octanol–water partition coefficient (Wildman–Crippen LogP) is 2.72. The van der Waals surface area contributed by atoms with Crippen LogP contribution in [0.3, 0.4) is 0 Å². The second-order valence-corrected chi connectivity index (χ2v) is 6.48. The van der Waals surface area contributed by atoms with Gasteiger partial charge in [0.25, 0.3) is 0 Å². The van der Waals surface area contributed by atoms with Crippen LogP contribution < -0.4 is 10.2 Å².